The number of nitrogens with two attached hydrogens (primary N) is 1. The number of nitrogen functional groups attached to an aromatic ring is 1. The van der Waals surface area contributed by atoms with E-state index in [-0.39, 0.29) is 0 Å². The molecule has 0 bridgehead atoms. The summed E-state index contributed by atoms with van der Waals surface area (Å²) in [6, 6.07) is 0. The topological polar surface area (TPSA) is 115 Å². The summed E-state index contributed by atoms with van der Waals surface area (Å²) < 4.78 is 5.67. The van der Waals surface area contributed by atoms with Gasteiger partial charge in [-0.25, -0.2) is 15.8 Å². The van der Waals surface area contributed by atoms with Crippen LogP contribution in [0.5, 0.6) is 0 Å². The highest BCUT2D eigenvalue weighted by molar-refractivity contribution is 9.10. The monoisotopic (exact) mass is 313 g/mol. The van der Waals surface area contributed by atoms with E-state index in [0.29, 0.717) is 40.8 Å². The van der Waals surface area contributed by atoms with Gasteiger partial charge in [0.15, 0.2) is 11.6 Å². The Morgan fingerprint density at radius 3 is 2.83 bits per heavy atom. The average molecular weight is 314 g/mol. The molecule has 8 nitrogen and oxygen atoms in total. The third-order valence-corrected chi connectivity index (χ3v) is 2.88. The maximum Gasteiger partial charge on any atom is 0.228 e. The molecule has 0 unspecified atom stereocenters. The molecular formula is C9H12BrN7O. The number of anilines is 2. The van der Waals surface area contributed by atoms with Crippen LogP contribution in [0.25, 0.3) is 0 Å². The molecule has 2 heterocycles. The van der Waals surface area contributed by atoms with Gasteiger partial charge in [-0.1, -0.05) is 5.16 Å². The molecule has 0 aliphatic rings. The molecule has 0 spiro atoms. The fourth-order valence-corrected chi connectivity index (χ4v) is 1.78. The number of hydrogen-bond donors (Lipinski definition) is 3. The molecular weight excluding hydrogens is 302 g/mol. The van der Waals surface area contributed by atoms with Crippen molar-refractivity contribution in [2.45, 2.75) is 13.3 Å². The Morgan fingerprint density at radius 2 is 2.17 bits per heavy atom. The molecule has 0 radical (unpaired) electrons. The van der Waals surface area contributed by atoms with Crippen molar-refractivity contribution >= 4 is 27.6 Å². The van der Waals surface area contributed by atoms with Crippen LogP contribution in [-0.2, 0) is 6.42 Å². The van der Waals surface area contributed by atoms with E-state index in [9.17, 15) is 0 Å². The normalized spacial score (nSPS) is 10.4. The van der Waals surface area contributed by atoms with Gasteiger partial charge in [0.25, 0.3) is 0 Å². The Morgan fingerprint density at radius 1 is 1.39 bits per heavy atom. The Hall–Kier alpha value is -1.74. The van der Waals surface area contributed by atoms with Gasteiger partial charge in [0, 0.05) is 13.0 Å². The molecule has 96 valence electrons. The number of halogens is 1. The SMILES string of the molecule is Cc1noc(CCNc2ncnc(NN)c2Br)n1. The predicted octanol–water partition coefficient (Wildman–Crippen LogP) is 0.871. The van der Waals surface area contributed by atoms with Crippen LogP contribution in [0.4, 0.5) is 11.6 Å². The minimum atomic E-state index is 0.515. The van der Waals surface area contributed by atoms with Crippen LogP contribution in [0.3, 0.4) is 0 Å². The van der Waals surface area contributed by atoms with E-state index in [1.54, 1.807) is 6.92 Å². The summed E-state index contributed by atoms with van der Waals surface area (Å²) in [5, 5.41) is 6.84. The summed E-state index contributed by atoms with van der Waals surface area (Å²) in [6.45, 7) is 2.39. The molecule has 2 aromatic rings. The molecule has 9 heteroatoms. The van der Waals surface area contributed by atoms with Crippen molar-refractivity contribution < 1.29 is 4.52 Å². The van der Waals surface area contributed by atoms with Crippen molar-refractivity contribution in [3.8, 4) is 0 Å². The third-order valence-electron chi connectivity index (χ3n) is 2.13. The van der Waals surface area contributed by atoms with Crippen LogP contribution >= 0.6 is 15.9 Å². The minimum absolute atomic E-state index is 0.515. The largest absolute Gasteiger partial charge is 0.368 e. The molecule has 2 aromatic heterocycles. The van der Waals surface area contributed by atoms with E-state index in [1.165, 1.54) is 6.33 Å². The van der Waals surface area contributed by atoms with Crippen LogP contribution in [0.2, 0.25) is 0 Å². The lowest BCUT2D eigenvalue weighted by Gasteiger charge is -2.08. The minimum Gasteiger partial charge on any atom is -0.368 e. The van der Waals surface area contributed by atoms with Gasteiger partial charge in [0.1, 0.15) is 16.6 Å². The second kappa shape index (κ2) is 5.74. The first kappa shape index (κ1) is 12.7. The number of aromatic nitrogens is 4. The van der Waals surface area contributed by atoms with Gasteiger partial charge in [-0.3, -0.25) is 0 Å². The van der Waals surface area contributed by atoms with Crippen LogP contribution in [0, 0.1) is 6.92 Å². The summed E-state index contributed by atoms with van der Waals surface area (Å²) in [5.74, 6) is 7.69. The summed E-state index contributed by atoms with van der Waals surface area (Å²) in [4.78, 5) is 12.1. The van der Waals surface area contributed by atoms with Crippen molar-refractivity contribution in [2.24, 2.45) is 5.84 Å². The van der Waals surface area contributed by atoms with Crippen molar-refractivity contribution in [3.05, 3.63) is 22.5 Å². The maximum absolute atomic E-state index is 5.31. The predicted molar refractivity (Wildman–Crippen MR) is 68.8 cm³/mol. The van der Waals surface area contributed by atoms with Crippen LogP contribution in [0.1, 0.15) is 11.7 Å². The molecule has 2 rings (SSSR count). The number of hydrazine groups is 1. The number of aryl methyl sites for hydroxylation is 1. The fourth-order valence-electron chi connectivity index (χ4n) is 1.32. The van der Waals surface area contributed by atoms with Crippen LogP contribution in [0.15, 0.2) is 15.3 Å². The van der Waals surface area contributed by atoms with E-state index in [0.717, 1.165) is 0 Å². The van der Waals surface area contributed by atoms with Gasteiger partial charge in [0.2, 0.25) is 5.89 Å². The zero-order valence-electron chi connectivity index (χ0n) is 9.64. The van der Waals surface area contributed by atoms with Crippen molar-refractivity contribution in [1.82, 2.24) is 20.1 Å². The Bertz CT molecular complexity index is 529. The molecule has 0 saturated heterocycles. The van der Waals surface area contributed by atoms with Gasteiger partial charge >= 0.3 is 0 Å². The lowest BCUT2D eigenvalue weighted by molar-refractivity contribution is 0.377. The highest BCUT2D eigenvalue weighted by Gasteiger charge is 2.08. The molecule has 0 amide bonds. The number of nitrogens with zero attached hydrogens (tertiary/aromatic N) is 4. The van der Waals surface area contributed by atoms with Gasteiger partial charge in [-0.05, 0) is 22.9 Å². The first-order valence-electron chi connectivity index (χ1n) is 5.21. The molecule has 0 aliphatic carbocycles. The Labute approximate surface area is 111 Å². The standard InChI is InChI=1S/C9H12BrN7O/c1-5-15-6(18-17-5)2-3-12-8-7(10)9(16-11)14-4-13-8/h4H,2-3,11H2,1H3,(H2,12,13,14,16). The molecule has 4 N–H and O–H groups in total. The van der Waals surface area contributed by atoms with Crippen LogP contribution < -0.4 is 16.6 Å². The van der Waals surface area contributed by atoms with Gasteiger partial charge in [0.05, 0.1) is 0 Å². The highest BCUT2D eigenvalue weighted by Crippen LogP contribution is 2.25. The van der Waals surface area contributed by atoms with Crippen molar-refractivity contribution in [3.63, 3.8) is 0 Å². The summed E-state index contributed by atoms with van der Waals surface area (Å²) in [5.41, 5.74) is 2.47. The number of rotatable bonds is 5. The summed E-state index contributed by atoms with van der Waals surface area (Å²) in [6.07, 6.45) is 2.03. The molecule has 0 atom stereocenters. The highest BCUT2D eigenvalue weighted by atomic mass is 79.9. The van der Waals surface area contributed by atoms with Crippen molar-refractivity contribution in [2.75, 3.05) is 17.3 Å². The van der Waals surface area contributed by atoms with E-state index >= 15 is 0 Å². The van der Waals surface area contributed by atoms with E-state index < -0.39 is 0 Å². The third kappa shape index (κ3) is 2.93. The lowest BCUT2D eigenvalue weighted by atomic mass is 10.4. The number of hydrogen-bond acceptors (Lipinski definition) is 8. The molecule has 0 fully saturated rings. The van der Waals surface area contributed by atoms with Crippen molar-refractivity contribution in [1.29, 1.82) is 0 Å². The Kier molecular flexibility index (Phi) is 4.05. The van der Waals surface area contributed by atoms with E-state index in [1.807, 2.05) is 0 Å². The lowest BCUT2D eigenvalue weighted by Crippen LogP contribution is -2.12. The van der Waals surface area contributed by atoms with Crippen LogP contribution in [-0.4, -0.2) is 26.7 Å². The molecule has 0 saturated carbocycles. The molecule has 0 aliphatic heterocycles. The zero-order chi connectivity index (χ0) is 13.0. The van der Waals surface area contributed by atoms with Gasteiger partial charge in [-0.15, -0.1) is 0 Å². The average Bonchev–Trinajstić information content (AvgIpc) is 2.77. The van der Waals surface area contributed by atoms with E-state index in [2.05, 4.69) is 46.8 Å². The zero-order valence-corrected chi connectivity index (χ0v) is 11.2. The first-order valence-corrected chi connectivity index (χ1v) is 6.00. The quantitative estimate of drug-likeness (QED) is 0.550. The smallest absolute Gasteiger partial charge is 0.228 e. The van der Waals surface area contributed by atoms with Gasteiger partial charge < -0.3 is 15.3 Å². The first-order chi connectivity index (χ1) is 8.70. The second-order valence-corrected chi connectivity index (χ2v) is 4.23. The number of nitrogens with one attached hydrogen (secondary N) is 2. The summed E-state index contributed by atoms with van der Waals surface area (Å²) in [7, 11) is 0. The molecule has 18 heavy (non-hydrogen) atoms. The fraction of sp³-hybridized carbons (Fsp3) is 0.333. The Balaban J connectivity index is 1.94. The van der Waals surface area contributed by atoms with Gasteiger partial charge in [-0.2, -0.15) is 4.98 Å². The van der Waals surface area contributed by atoms with E-state index in [4.69, 9.17) is 10.4 Å². The summed E-state index contributed by atoms with van der Waals surface area (Å²) >= 11 is 3.35. The molecule has 0 aromatic carbocycles. The maximum atomic E-state index is 5.31. The second-order valence-electron chi connectivity index (χ2n) is 3.44.